The van der Waals surface area contributed by atoms with Gasteiger partial charge in [-0.25, -0.2) is 0 Å². The zero-order valence-electron chi connectivity index (χ0n) is 17.8. The average Bonchev–Trinajstić information content (AvgIpc) is 2.79. The highest BCUT2D eigenvalue weighted by atomic mass is 31.0. The molecule has 0 N–H and O–H groups in total. The number of carbonyl (C=O) groups excluding carboxylic acids is 2. The second-order valence-electron chi connectivity index (χ2n) is 7.07. The van der Waals surface area contributed by atoms with Crippen LogP contribution in [0.4, 0.5) is 0 Å². The summed E-state index contributed by atoms with van der Waals surface area (Å²) in [5, 5.41) is 0. The van der Waals surface area contributed by atoms with Gasteiger partial charge in [-0.15, -0.1) is 0 Å². The molecule has 0 aliphatic heterocycles. The van der Waals surface area contributed by atoms with Gasteiger partial charge in [-0.2, -0.15) is 0 Å². The van der Waals surface area contributed by atoms with E-state index in [4.69, 9.17) is 18.7 Å². The van der Waals surface area contributed by atoms with Crippen LogP contribution in [0.5, 0.6) is 17.2 Å². The lowest BCUT2D eigenvalue weighted by Crippen LogP contribution is -2.26. The molecule has 0 bridgehead atoms. The number of Topliss-reactive ketones (excluding diaryl/α,β-unsaturated/α-hetero) is 1. The molecule has 0 saturated heterocycles. The third-order valence-corrected chi connectivity index (χ3v) is 5.50. The molecule has 0 heterocycles. The first-order chi connectivity index (χ1) is 14.4. The average molecular weight is 432 g/mol. The molecule has 0 aromatic heterocycles. The minimum Gasteiger partial charge on any atom is -0.496 e. The zero-order chi connectivity index (χ0) is 22.1. The summed E-state index contributed by atoms with van der Waals surface area (Å²) in [4.78, 5) is 25.7. The molecule has 0 spiro atoms. The number of hydrogen-bond acceptors (Lipinski definition) is 6. The van der Waals surface area contributed by atoms with E-state index in [0.29, 0.717) is 22.8 Å². The van der Waals surface area contributed by atoms with Gasteiger partial charge in [0.2, 0.25) is 0 Å². The highest BCUT2D eigenvalue weighted by Crippen LogP contribution is 2.38. The quantitative estimate of drug-likeness (QED) is 0.385. The molecule has 0 saturated carbocycles. The van der Waals surface area contributed by atoms with Gasteiger partial charge in [0.25, 0.3) is 0 Å². The first-order valence-electron chi connectivity index (χ1n) is 9.72. The molecule has 2 aromatic carbocycles. The number of hydrogen-bond donors (Lipinski definition) is 0. The van der Waals surface area contributed by atoms with Crippen molar-refractivity contribution in [1.82, 2.24) is 0 Å². The number of ether oxygens (including phenoxy) is 3. The standard InChI is InChI=1S/C23H29O6P/c1-15(10-11-16-8-6-5-7-9-16)18(14-21(24)29-30)23(25)22-19(27-3)12-17(26-2)13-20(22)28-4/h5-9,12-13,15,18H,10-11,14,30H2,1-4H3. The van der Waals surface area contributed by atoms with Gasteiger partial charge in [-0.3, -0.25) is 9.59 Å². The van der Waals surface area contributed by atoms with Crippen LogP contribution in [0, 0.1) is 11.8 Å². The van der Waals surface area contributed by atoms with Gasteiger partial charge in [0.1, 0.15) is 22.8 Å². The molecule has 2 aromatic rings. The second-order valence-corrected chi connectivity index (χ2v) is 7.31. The normalized spacial score (nSPS) is 12.6. The van der Waals surface area contributed by atoms with Gasteiger partial charge in [-0.05, 0) is 24.3 Å². The molecule has 7 heteroatoms. The van der Waals surface area contributed by atoms with Gasteiger partial charge in [0, 0.05) is 18.1 Å². The lowest BCUT2D eigenvalue weighted by atomic mass is 9.81. The topological polar surface area (TPSA) is 71.1 Å². The van der Waals surface area contributed by atoms with Gasteiger partial charge in [0.15, 0.2) is 5.78 Å². The van der Waals surface area contributed by atoms with Crippen LogP contribution in [0.25, 0.3) is 0 Å². The molecule has 0 aliphatic carbocycles. The highest BCUT2D eigenvalue weighted by Gasteiger charge is 2.33. The van der Waals surface area contributed by atoms with E-state index in [9.17, 15) is 9.59 Å². The van der Waals surface area contributed by atoms with E-state index >= 15 is 0 Å². The minimum atomic E-state index is -0.585. The maximum absolute atomic E-state index is 13.6. The SMILES string of the molecule is COc1cc(OC)c(C(=O)C(CC(=O)OP)C(C)CCc2ccccc2)c(OC)c1. The first kappa shape index (κ1) is 23.7. The van der Waals surface area contributed by atoms with E-state index in [-0.39, 0.29) is 18.1 Å². The van der Waals surface area contributed by atoms with Gasteiger partial charge in [-0.1, -0.05) is 37.3 Å². The summed E-state index contributed by atoms with van der Waals surface area (Å²) in [6, 6.07) is 13.3. The fourth-order valence-corrected chi connectivity index (χ4v) is 3.55. The van der Waals surface area contributed by atoms with Crippen molar-refractivity contribution in [3.63, 3.8) is 0 Å². The van der Waals surface area contributed by atoms with Crippen molar-refractivity contribution in [3.8, 4) is 17.2 Å². The van der Waals surface area contributed by atoms with Crippen molar-refractivity contribution in [1.29, 1.82) is 0 Å². The Labute approximate surface area is 180 Å². The molecule has 6 nitrogen and oxygen atoms in total. The van der Waals surface area contributed by atoms with Crippen LogP contribution < -0.4 is 14.2 Å². The molecule has 3 unspecified atom stereocenters. The molecule has 0 radical (unpaired) electrons. The van der Waals surface area contributed by atoms with E-state index in [1.807, 2.05) is 34.6 Å². The Kier molecular flexibility index (Phi) is 9.13. The number of rotatable bonds is 11. The molecule has 0 amide bonds. The second kappa shape index (κ2) is 11.6. The van der Waals surface area contributed by atoms with Crippen molar-refractivity contribution < 1.29 is 28.3 Å². The Bertz CT molecular complexity index is 827. The maximum Gasteiger partial charge on any atom is 0.308 e. The largest absolute Gasteiger partial charge is 0.496 e. The lowest BCUT2D eigenvalue weighted by molar-refractivity contribution is -0.134. The van der Waals surface area contributed by atoms with Crippen LogP contribution in [-0.2, 0) is 15.7 Å². The van der Waals surface area contributed by atoms with Crippen LogP contribution >= 0.6 is 9.47 Å². The van der Waals surface area contributed by atoms with Crippen LogP contribution in [-0.4, -0.2) is 33.1 Å². The van der Waals surface area contributed by atoms with Crippen LogP contribution in [0.2, 0.25) is 0 Å². The summed E-state index contributed by atoms with van der Waals surface area (Å²) in [5.74, 6) is -0.139. The van der Waals surface area contributed by atoms with Crippen molar-refractivity contribution in [2.45, 2.75) is 26.2 Å². The third-order valence-electron chi connectivity index (χ3n) is 5.23. The van der Waals surface area contributed by atoms with Gasteiger partial charge < -0.3 is 18.7 Å². The molecule has 30 heavy (non-hydrogen) atoms. The molecule has 0 aliphatic rings. The Morgan fingerprint density at radius 1 is 0.967 bits per heavy atom. The lowest BCUT2D eigenvalue weighted by Gasteiger charge is -2.24. The van der Waals surface area contributed by atoms with Gasteiger partial charge >= 0.3 is 5.97 Å². The fourth-order valence-electron chi connectivity index (χ4n) is 3.45. The van der Waals surface area contributed by atoms with Crippen LogP contribution in [0.15, 0.2) is 42.5 Å². The van der Waals surface area contributed by atoms with Crippen LogP contribution in [0.3, 0.4) is 0 Å². The van der Waals surface area contributed by atoms with Crippen molar-refractivity contribution in [3.05, 3.63) is 53.6 Å². The fraction of sp³-hybridized carbons (Fsp3) is 0.391. The van der Waals surface area contributed by atoms with Crippen molar-refractivity contribution in [2.24, 2.45) is 11.8 Å². The first-order valence-corrected chi connectivity index (χ1v) is 10.2. The Hall–Kier alpha value is -2.59. The number of aryl methyl sites for hydroxylation is 1. The Morgan fingerprint density at radius 3 is 2.07 bits per heavy atom. The minimum absolute atomic E-state index is 0.0311. The van der Waals surface area contributed by atoms with E-state index in [0.717, 1.165) is 12.8 Å². The van der Waals surface area contributed by atoms with E-state index in [1.54, 1.807) is 12.1 Å². The molecular formula is C23H29O6P. The smallest absolute Gasteiger partial charge is 0.308 e. The third kappa shape index (κ3) is 5.96. The van der Waals surface area contributed by atoms with E-state index in [1.165, 1.54) is 26.9 Å². The predicted molar refractivity (Wildman–Crippen MR) is 118 cm³/mol. The van der Waals surface area contributed by atoms with E-state index in [2.05, 4.69) is 12.1 Å². The number of ketones is 1. The summed E-state index contributed by atoms with van der Waals surface area (Å²) >= 11 is 0. The summed E-state index contributed by atoms with van der Waals surface area (Å²) < 4.78 is 20.9. The van der Waals surface area contributed by atoms with Gasteiger partial charge in [0.05, 0.1) is 37.2 Å². The number of benzene rings is 2. The predicted octanol–water partition coefficient (Wildman–Crippen LogP) is 4.50. The Balaban J connectivity index is 2.36. The summed E-state index contributed by atoms with van der Waals surface area (Å²) in [6.07, 6.45) is 1.51. The van der Waals surface area contributed by atoms with Crippen LogP contribution in [0.1, 0.15) is 35.7 Å². The summed E-state index contributed by atoms with van der Waals surface area (Å²) in [6.45, 7) is 1.98. The number of methoxy groups -OCH3 is 3. The maximum atomic E-state index is 13.6. The highest BCUT2D eigenvalue weighted by molar-refractivity contribution is 7.10. The molecule has 2 rings (SSSR count). The van der Waals surface area contributed by atoms with E-state index < -0.39 is 11.9 Å². The zero-order valence-corrected chi connectivity index (χ0v) is 19.0. The summed E-state index contributed by atoms with van der Waals surface area (Å²) in [5.41, 5.74) is 1.48. The number of carbonyl (C=O) groups is 2. The molecule has 0 fully saturated rings. The van der Waals surface area contributed by atoms with Crippen molar-refractivity contribution >= 4 is 21.2 Å². The summed E-state index contributed by atoms with van der Waals surface area (Å²) in [7, 11) is 6.44. The Morgan fingerprint density at radius 2 is 1.57 bits per heavy atom. The monoisotopic (exact) mass is 432 g/mol. The molecular weight excluding hydrogens is 403 g/mol. The molecule has 162 valence electrons. The molecule has 3 atom stereocenters. The van der Waals surface area contributed by atoms with Crippen molar-refractivity contribution in [2.75, 3.05) is 21.3 Å².